The second kappa shape index (κ2) is 6.78. The van der Waals surface area contributed by atoms with Crippen molar-refractivity contribution in [1.29, 1.82) is 0 Å². The number of ether oxygens (including phenoxy) is 1. The molecule has 0 spiro atoms. The Morgan fingerprint density at radius 1 is 1.47 bits per heavy atom. The maximum Gasteiger partial charge on any atom is 0.263 e. The number of likely N-dealkylation sites (N-methyl/N-ethyl adjacent to an activating group) is 1. The first-order valence-corrected chi connectivity index (χ1v) is 6.55. The molecule has 0 bridgehead atoms. The van der Waals surface area contributed by atoms with Crippen molar-refractivity contribution in [3.63, 3.8) is 0 Å². The van der Waals surface area contributed by atoms with Gasteiger partial charge in [-0.25, -0.2) is 0 Å². The van der Waals surface area contributed by atoms with E-state index in [-0.39, 0.29) is 18.6 Å². The molecule has 106 valence electrons. The summed E-state index contributed by atoms with van der Waals surface area (Å²) in [4.78, 5) is 13.6. The van der Waals surface area contributed by atoms with Crippen LogP contribution in [0.3, 0.4) is 0 Å². The largest absolute Gasteiger partial charge is 0.481 e. The van der Waals surface area contributed by atoms with Gasteiger partial charge in [0, 0.05) is 12.1 Å². The molecule has 5 heteroatoms. The maximum absolute atomic E-state index is 12.1. The Labute approximate surface area is 118 Å². The lowest BCUT2D eigenvalue weighted by atomic mass is 10.2. The Hall–Kier alpha value is -1.26. The van der Waals surface area contributed by atoms with Crippen LogP contribution in [0.2, 0.25) is 5.02 Å². The quantitative estimate of drug-likeness (QED) is 0.903. The van der Waals surface area contributed by atoms with E-state index in [1.54, 1.807) is 39.1 Å². The second-order valence-corrected chi connectivity index (χ2v) is 5.09. The third-order valence-corrected chi connectivity index (χ3v) is 3.30. The van der Waals surface area contributed by atoms with E-state index in [0.717, 1.165) is 5.56 Å². The molecular formula is C14H20ClNO3. The van der Waals surface area contributed by atoms with Gasteiger partial charge in [0.1, 0.15) is 5.75 Å². The predicted molar refractivity (Wildman–Crippen MR) is 75.6 cm³/mol. The van der Waals surface area contributed by atoms with Crippen molar-refractivity contribution < 1.29 is 14.6 Å². The van der Waals surface area contributed by atoms with Crippen molar-refractivity contribution in [2.24, 2.45) is 0 Å². The van der Waals surface area contributed by atoms with Crippen LogP contribution < -0.4 is 4.74 Å². The van der Waals surface area contributed by atoms with Crippen LogP contribution in [0.25, 0.3) is 0 Å². The molecule has 0 aliphatic rings. The van der Waals surface area contributed by atoms with Crippen molar-refractivity contribution in [1.82, 2.24) is 4.90 Å². The molecule has 2 unspecified atom stereocenters. The monoisotopic (exact) mass is 285 g/mol. The van der Waals surface area contributed by atoms with Crippen LogP contribution in [-0.4, -0.2) is 41.7 Å². The van der Waals surface area contributed by atoms with E-state index < -0.39 is 6.10 Å². The Morgan fingerprint density at radius 3 is 2.63 bits per heavy atom. The van der Waals surface area contributed by atoms with E-state index in [4.69, 9.17) is 21.4 Å². The number of halogens is 1. The average Bonchev–Trinajstić information content (AvgIpc) is 2.39. The zero-order valence-corrected chi connectivity index (χ0v) is 12.4. The topological polar surface area (TPSA) is 49.8 Å². The van der Waals surface area contributed by atoms with Crippen molar-refractivity contribution in [3.8, 4) is 5.75 Å². The Kier molecular flexibility index (Phi) is 5.63. The summed E-state index contributed by atoms with van der Waals surface area (Å²) in [6.07, 6.45) is -0.612. The fourth-order valence-corrected chi connectivity index (χ4v) is 1.84. The Balaban J connectivity index is 2.73. The molecule has 4 nitrogen and oxygen atoms in total. The summed E-state index contributed by atoms with van der Waals surface area (Å²) in [5, 5.41) is 9.68. The molecule has 0 saturated carbocycles. The fourth-order valence-electron chi connectivity index (χ4n) is 1.61. The fraction of sp³-hybridized carbons (Fsp3) is 0.500. The number of amides is 1. The lowest BCUT2D eigenvalue weighted by Crippen LogP contribution is -2.44. The number of nitrogens with zero attached hydrogens (tertiary/aromatic N) is 1. The molecule has 1 N–H and O–H groups in total. The third kappa shape index (κ3) is 4.11. The molecule has 1 rings (SSSR count). The van der Waals surface area contributed by atoms with Gasteiger partial charge in [-0.3, -0.25) is 4.79 Å². The molecule has 1 aromatic rings. The lowest BCUT2D eigenvalue weighted by molar-refractivity contribution is -0.139. The third-order valence-electron chi connectivity index (χ3n) is 3.06. The first-order chi connectivity index (χ1) is 8.86. The summed E-state index contributed by atoms with van der Waals surface area (Å²) in [5.41, 5.74) is 0.880. The van der Waals surface area contributed by atoms with Gasteiger partial charge in [0.15, 0.2) is 6.10 Å². The number of carbonyl (C=O) groups is 1. The molecule has 0 fully saturated rings. The first-order valence-electron chi connectivity index (χ1n) is 6.17. The summed E-state index contributed by atoms with van der Waals surface area (Å²) in [7, 11) is 1.65. The zero-order valence-electron chi connectivity index (χ0n) is 11.7. The molecule has 0 aromatic heterocycles. The van der Waals surface area contributed by atoms with Crippen LogP contribution in [0, 0.1) is 6.92 Å². The molecule has 1 aromatic carbocycles. The van der Waals surface area contributed by atoms with Crippen LogP contribution in [-0.2, 0) is 4.79 Å². The van der Waals surface area contributed by atoms with Gasteiger partial charge < -0.3 is 14.7 Å². The molecule has 19 heavy (non-hydrogen) atoms. The standard InChI is InChI=1S/C14H20ClNO3/c1-9-7-12(15)5-6-13(9)19-11(3)14(18)16(4)10(2)8-17/h5-7,10-11,17H,8H2,1-4H3. The molecule has 2 atom stereocenters. The van der Waals surface area contributed by atoms with Gasteiger partial charge in [-0.15, -0.1) is 0 Å². The summed E-state index contributed by atoms with van der Waals surface area (Å²) >= 11 is 5.87. The molecule has 1 amide bonds. The first kappa shape index (κ1) is 15.8. The lowest BCUT2D eigenvalue weighted by Gasteiger charge is -2.26. The van der Waals surface area contributed by atoms with Crippen molar-refractivity contribution in [2.75, 3.05) is 13.7 Å². The highest BCUT2D eigenvalue weighted by Crippen LogP contribution is 2.23. The van der Waals surface area contributed by atoms with E-state index in [1.807, 2.05) is 6.92 Å². The van der Waals surface area contributed by atoms with Crippen LogP contribution in [0.1, 0.15) is 19.4 Å². The molecule has 0 saturated heterocycles. The summed E-state index contributed by atoms with van der Waals surface area (Å²) in [5.74, 6) is 0.464. The van der Waals surface area contributed by atoms with Crippen LogP contribution >= 0.6 is 11.6 Å². The number of hydrogen-bond donors (Lipinski definition) is 1. The zero-order chi connectivity index (χ0) is 14.6. The van der Waals surface area contributed by atoms with E-state index in [9.17, 15) is 4.79 Å². The minimum atomic E-state index is -0.612. The number of hydrogen-bond acceptors (Lipinski definition) is 3. The van der Waals surface area contributed by atoms with Gasteiger partial charge in [0.05, 0.1) is 12.6 Å². The molecule has 0 aliphatic carbocycles. The van der Waals surface area contributed by atoms with E-state index in [1.165, 1.54) is 4.90 Å². The van der Waals surface area contributed by atoms with Crippen molar-refractivity contribution in [2.45, 2.75) is 32.9 Å². The van der Waals surface area contributed by atoms with Crippen LogP contribution in [0.15, 0.2) is 18.2 Å². The van der Waals surface area contributed by atoms with Crippen LogP contribution in [0.4, 0.5) is 0 Å². The van der Waals surface area contributed by atoms with Gasteiger partial charge >= 0.3 is 0 Å². The van der Waals surface area contributed by atoms with Gasteiger partial charge in [-0.05, 0) is 44.5 Å². The normalized spacial score (nSPS) is 13.8. The molecule has 0 heterocycles. The van der Waals surface area contributed by atoms with Gasteiger partial charge in [-0.1, -0.05) is 11.6 Å². The molecule has 0 radical (unpaired) electrons. The number of benzene rings is 1. The minimum Gasteiger partial charge on any atom is -0.481 e. The van der Waals surface area contributed by atoms with E-state index >= 15 is 0 Å². The smallest absolute Gasteiger partial charge is 0.263 e. The highest BCUT2D eigenvalue weighted by molar-refractivity contribution is 6.30. The Morgan fingerprint density at radius 2 is 2.11 bits per heavy atom. The predicted octanol–water partition coefficient (Wildman–Crippen LogP) is 2.25. The SMILES string of the molecule is Cc1cc(Cl)ccc1OC(C)C(=O)N(C)C(C)CO. The number of aryl methyl sites for hydroxylation is 1. The highest BCUT2D eigenvalue weighted by Gasteiger charge is 2.22. The molecular weight excluding hydrogens is 266 g/mol. The maximum atomic E-state index is 12.1. The second-order valence-electron chi connectivity index (χ2n) is 4.65. The molecule has 0 aliphatic heterocycles. The van der Waals surface area contributed by atoms with Gasteiger partial charge in [-0.2, -0.15) is 0 Å². The van der Waals surface area contributed by atoms with E-state index in [0.29, 0.717) is 10.8 Å². The highest BCUT2D eigenvalue weighted by atomic mass is 35.5. The van der Waals surface area contributed by atoms with Gasteiger partial charge in [0.2, 0.25) is 0 Å². The summed E-state index contributed by atoms with van der Waals surface area (Å²) in [6, 6.07) is 5.02. The number of aliphatic hydroxyl groups excluding tert-OH is 1. The van der Waals surface area contributed by atoms with Gasteiger partial charge in [0.25, 0.3) is 5.91 Å². The summed E-state index contributed by atoms with van der Waals surface area (Å²) in [6.45, 7) is 5.27. The minimum absolute atomic E-state index is 0.0745. The van der Waals surface area contributed by atoms with E-state index in [2.05, 4.69) is 0 Å². The summed E-state index contributed by atoms with van der Waals surface area (Å²) < 4.78 is 5.65. The number of carbonyl (C=O) groups excluding carboxylic acids is 1. The Bertz CT molecular complexity index is 450. The van der Waals surface area contributed by atoms with Crippen molar-refractivity contribution in [3.05, 3.63) is 28.8 Å². The average molecular weight is 286 g/mol. The number of rotatable bonds is 5. The van der Waals surface area contributed by atoms with Crippen molar-refractivity contribution >= 4 is 17.5 Å². The van der Waals surface area contributed by atoms with Crippen LogP contribution in [0.5, 0.6) is 5.75 Å². The number of aliphatic hydroxyl groups is 1.